The molecule has 0 saturated carbocycles. The van der Waals surface area contributed by atoms with Crippen molar-refractivity contribution in [2.24, 2.45) is 5.92 Å². The number of urea groups is 1. The highest BCUT2D eigenvalue weighted by atomic mass is 16.2. The minimum atomic E-state index is -0.787. The molecule has 0 aromatic heterocycles. The quantitative estimate of drug-likeness (QED) is 0.661. The molecular formula is C27H32N4O3. The van der Waals surface area contributed by atoms with E-state index in [2.05, 4.69) is 10.6 Å². The Labute approximate surface area is 200 Å². The third kappa shape index (κ3) is 4.42. The van der Waals surface area contributed by atoms with Gasteiger partial charge in [0.25, 0.3) is 5.91 Å². The van der Waals surface area contributed by atoms with Gasteiger partial charge in [-0.15, -0.1) is 0 Å². The number of aryl methyl sites for hydroxylation is 1. The van der Waals surface area contributed by atoms with Gasteiger partial charge in [0.05, 0.1) is 23.9 Å². The van der Waals surface area contributed by atoms with Crippen LogP contribution in [0.15, 0.2) is 65.9 Å². The van der Waals surface area contributed by atoms with Crippen LogP contribution in [0.4, 0.5) is 4.79 Å². The molecule has 2 unspecified atom stereocenters. The van der Waals surface area contributed by atoms with Crippen LogP contribution in [0.1, 0.15) is 49.5 Å². The van der Waals surface area contributed by atoms with Crippen molar-refractivity contribution in [2.45, 2.75) is 39.8 Å². The second-order valence-corrected chi connectivity index (χ2v) is 9.28. The van der Waals surface area contributed by atoms with Gasteiger partial charge in [-0.1, -0.05) is 74.0 Å². The lowest BCUT2D eigenvalue weighted by Crippen LogP contribution is -2.47. The zero-order valence-corrected chi connectivity index (χ0v) is 20.2. The Hall–Kier alpha value is -3.61. The standard InChI is InChI=1S/C27H32N4O3/c1-5-30-21-16-31(24(20-9-7-6-8-10-20)25(32)28-15-17(2)3)26(33)22(21)23(29-27(30)34)19-13-11-18(4)12-14-19/h6-14,17,23-24H,5,15-16H2,1-4H3,(H,28,32)(H,29,34). The predicted octanol–water partition coefficient (Wildman–Crippen LogP) is 3.69. The fourth-order valence-corrected chi connectivity index (χ4v) is 4.57. The molecule has 4 amide bonds. The predicted molar refractivity (Wildman–Crippen MR) is 131 cm³/mol. The number of benzene rings is 2. The van der Waals surface area contributed by atoms with Gasteiger partial charge in [0.2, 0.25) is 5.91 Å². The van der Waals surface area contributed by atoms with Crippen molar-refractivity contribution < 1.29 is 14.4 Å². The van der Waals surface area contributed by atoms with Gasteiger partial charge in [-0.3, -0.25) is 14.5 Å². The number of carbonyl (C=O) groups is 3. The van der Waals surface area contributed by atoms with Crippen LogP contribution in [0, 0.1) is 12.8 Å². The maximum Gasteiger partial charge on any atom is 0.322 e. The molecule has 34 heavy (non-hydrogen) atoms. The number of hydrogen-bond acceptors (Lipinski definition) is 3. The molecule has 7 nitrogen and oxygen atoms in total. The topological polar surface area (TPSA) is 81.8 Å². The first-order valence-electron chi connectivity index (χ1n) is 11.8. The van der Waals surface area contributed by atoms with E-state index in [-0.39, 0.29) is 30.3 Å². The Morgan fingerprint density at radius 3 is 2.38 bits per heavy atom. The third-order valence-electron chi connectivity index (χ3n) is 6.34. The summed E-state index contributed by atoms with van der Waals surface area (Å²) in [5.41, 5.74) is 3.88. The Kier molecular flexibility index (Phi) is 6.72. The van der Waals surface area contributed by atoms with Crippen LogP contribution in [-0.2, 0) is 9.59 Å². The van der Waals surface area contributed by atoms with Gasteiger partial charge in [-0.25, -0.2) is 4.79 Å². The Balaban J connectivity index is 1.74. The summed E-state index contributed by atoms with van der Waals surface area (Å²) < 4.78 is 0. The summed E-state index contributed by atoms with van der Waals surface area (Å²) in [6.07, 6.45) is 0. The molecule has 0 bridgehead atoms. The molecule has 2 atom stereocenters. The van der Waals surface area contributed by atoms with Crippen molar-refractivity contribution in [3.8, 4) is 0 Å². The number of likely N-dealkylation sites (N-methyl/N-ethyl adjacent to an activating group) is 1. The van der Waals surface area contributed by atoms with Gasteiger partial charge in [-0.2, -0.15) is 0 Å². The average molecular weight is 461 g/mol. The molecule has 0 radical (unpaired) electrons. The van der Waals surface area contributed by atoms with E-state index in [4.69, 9.17) is 0 Å². The summed E-state index contributed by atoms with van der Waals surface area (Å²) >= 11 is 0. The summed E-state index contributed by atoms with van der Waals surface area (Å²) in [6, 6.07) is 15.6. The van der Waals surface area contributed by atoms with Gasteiger partial charge < -0.3 is 15.5 Å². The van der Waals surface area contributed by atoms with E-state index >= 15 is 0 Å². The lowest BCUT2D eigenvalue weighted by Gasteiger charge is -2.33. The van der Waals surface area contributed by atoms with E-state index in [1.54, 1.807) is 9.80 Å². The first kappa shape index (κ1) is 23.5. The highest BCUT2D eigenvalue weighted by Crippen LogP contribution is 2.39. The van der Waals surface area contributed by atoms with Crippen LogP contribution >= 0.6 is 0 Å². The van der Waals surface area contributed by atoms with E-state index in [1.165, 1.54) is 0 Å². The fourth-order valence-electron chi connectivity index (χ4n) is 4.57. The zero-order valence-electron chi connectivity index (χ0n) is 20.2. The molecule has 2 aromatic carbocycles. The molecule has 0 spiro atoms. The lowest BCUT2D eigenvalue weighted by atomic mass is 9.95. The molecule has 4 rings (SSSR count). The van der Waals surface area contributed by atoms with Crippen molar-refractivity contribution in [1.29, 1.82) is 0 Å². The molecule has 2 aromatic rings. The number of rotatable bonds is 7. The van der Waals surface area contributed by atoms with Gasteiger partial charge in [0, 0.05) is 13.1 Å². The molecule has 2 heterocycles. The van der Waals surface area contributed by atoms with E-state index in [0.717, 1.165) is 16.7 Å². The van der Waals surface area contributed by atoms with Gasteiger partial charge >= 0.3 is 6.03 Å². The highest BCUT2D eigenvalue weighted by Gasteiger charge is 2.47. The first-order valence-corrected chi connectivity index (χ1v) is 11.8. The van der Waals surface area contributed by atoms with Gasteiger partial charge in [0.15, 0.2) is 0 Å². The van der Waals surface area contributed by atoms with Crippen LogP contribution in [-0.4, -0.2) is 47.3 Å². The van der Waals surface area contributed by atoms with Crippen LogP contribution in [0.3, 0.4) is 0 Å². The van der Waals surface area contributed by atoms with Gasteiger partial charge in [0.1, 0.15) is 6.04 Å². The summed E-state index contributed by atoms with van der Waals surface area (Å²) in [6.45, 7) is 9.09. The van der Waals surface area contributed by atoms with Crippen molar-refractivity contribution >= 4 is 17.8 Å². The Morgan fingerprint density at radius 2 is 1.76 bits per heavy atom. The van der Waals surface area contributed by atoms with Crippen molar-refractivity contribution in [3.63, 3.8) is 0 Å². The van der Waals surface area contributed by atoms with Gasteiger partial charge in [-0.05, 0) is 30.9 Å². The second kappa shape index (κ2) is 9.71. The molecule has 0 fully saturated rings. The molecule has 2 aliphatic rings. The van der Waals surface area contributed by atoms with E-state index in [9.17, 15) is 14.4 Å². The van der Waals surface area contributed by atoms with Crippen LogP contribution in [0.2, 0.25) is 0 Å². The maximum absolute atomic E-state index is 13.9. The number of carbonyl (C=O) groups excluding carboxylic acids is 3. The van der Waals surface area contributed by atoms with E-state index in [0.29, 0.717) is 24.4 Å². The first-order chi connectivity index (χ1) is 16.3. The zero-order chi connectivity index (χ0) is 24.4. The summed E-state index contributed by atoms with van der Waals surface area (Å²) in [4.78, 5) is 43.5. The third-order valence-corrected chi connectivity index (χ3v) is 6.34. The minimum absolute atomic E-state index is 0.201. The maximum atomic E-state index is 13.9. The minimum Gasteiger partial charge on any atom is -0.354 e. The fraction of sp³-hybridized carbons (Fsp3) is 0.370. The Morgan fingerprint density at radius 1 is 1.09 bits per heavy atom. The van der Waals surface area contributed by atoms with Crippen molar-refractivity contribution in [2.75, 3.05) is 19.6 Å². The largest absolute Gasteiger partial charge is 0.354 e. The summed E-state index contributed by atoms with van der Waals surface area (Å²) in [5.74, 6) is -0.167. The van der Waals surface area contributed by atoms with Crippen molar-refractivity contribution in [1.82, 2.24) is 20.4 Å². The van der Waals surface area contributed by atoms with Crippen LogP contribution in [0.25, 0.3) is 0 Å². The number of hydrogen-bond donors (Lipinski definition) is 2. The summed E-state index contributed by atoms with van der Waals surface area (Å²) in [5, 5.41) is 6.00. The smallest absolute Gasteiger partial charge is 0.322 e. The number of nitrogens with zero attached hydrogens (tertiary/aromatic N) is 2. The monoisotopic (exact) mass is 460 g/mol. The lowest BCUT2D eigenvalue weighted by molar-refractivity contribution is -0.136. The highest BCUT2D eigenvalue weighted by molar-refractivity contribution is 6.03. The number of amides is 4. The SMILES string of the molecule is CCN1C(=O)NC(c2ccc(C)cc2)C2=C1CN(C(C(=O)NCC(C)C)c1ccccc1)C2=O. The molecule has 2 aliphatic heterocycles. The van der Waals surface area contributed by atoms with Crippen LogP contribution in [0.5, 0.6) is 0 Å². The number of nitrogens with one attached hydrogen (secondary N) is 2. The summed E-state index contributed by atoms with van der Waals surface area (Å²) in [7, 11) is 0. The Bertz CT molecular complexity index is 1110. The van der Waals surface area contributed by atoms with E-state index < -0.39 is 12.1 Å². The van der Waals surface area contributed by atoms with Crippen molar-refractivity contribution in [3.05, 3.63) is 82.6 Å². The van der Waals surface area contributed by atoms with E-state index in [1.807, 2.05) is 82.3 Å². The molecule has 178 valence electrons. The normalized spacial score (nSPS) is 18.8. The molecule has 0 aliphatic carbocycles. The molecule has 2 N–H and O–H groups in total. The molecule has 0 saturated heterocycles. The molecular weight excluding hydrogens is 428 g/mol. The molecule has 7 heteroatoms. The van der Waals surface area contributed by atoms with Crippen LogP contribution < -0.4 is 10.6 Å². The average Bonchev–Trinajstić information content (AvgIpc) is 3.15. The second-order valence-electron chi connectivity index (χ2n) is 9.28.